The van der Waals surface area contributed by atoms with Gasteiger partial charge >= 0.3 is 5.97 Å². The molecule has 0 radical (unpaired) electrons. The van der Waals surface area contributed by atoms with Gasteiger partial charge in [-0.2, -0.15) is 0 Å². The van der Waals surface area contributed by atoms with Crippen LogP contribution in [0.1, 0.15) is 42.1 Å². The Kier molecular flexibility index (Phi) is 4.62. The molecular weight excluding hydrogens is 385 g/mol. The van der Waals surface area contributed by atoms with Crippen LogP contribution in [0.4, 0.5) is 10.1 Å². The van der Waals surface area contributed by atoms with Crippen molar-refractivity contribution in [2.75, 3.05) is 25.0 Å². The van der Waals surface area contributed by atoms with E-state index >= 15 is 4.39 Å². The molecule has 2 atom stereocenters. The number of pyridine rings is 1. The molecular formula is C20H23ClFN3O3. The SMILES string of the molecule is CNC(C)C1CCN(c2c(F)cc3c(=O)c(C(=O)O)c[nH]c3c2C2(Cl)CC2)C1. The number of alkyl halides is 1. The van der Waals surface area contributed by atoms with Crippen LogP contribution in [0, 0.1) is 11.7 Å². The third kappa shape index (κ3) is 2.97. The molecule has 3 N–H and O–H groups in total. The number of hydrogen-bond donors (Lipinski definition) is 3. The molecule has 0 amide bonds. The van der Waals surface area contributed by atoms with Crippen molar-refractivity contribution in [1.29, 1.82) is 0 Å². The minimum absolute atomic E-state index is 0.0300. The third-order valence-electron chi connectivity index (χ3n) is 6.17. The second-order valence-electron chi connectivity index (χ2n) is 7.88. The van der Waals surface area contributed by atoms with Crippen molar-refractivity contribution in [2.45, 2.75) is 37.1 Å². The molecule has 2 heterocycles. The maximum atomic E-state index is 15.3. The van der Waals surface area contributed by atoms with E-state index in [0.717, 1.165) is 12.5 Å². The van der Waals surface area contributed by atoms with Gasteiger partial charge in [-0.15, -0.1) is 11.6 Å². The van der Waals surface area contributed by atoms with Gasteiger partial charge < -0.3 is 20.3 Å². The Morgan fingerprint density at radius 1 is 1.50 bits per heavy atom. The topological polar surface area (TPSA) is 85.4 Å². The van der Waals surface area contributed by atoms with Gasteiger partial charge in [0.15, 0.2) is 0 Å². The Balaban J connectivity index is 1.90. The summed E-state index contributed by atoms with van der Waals surface area (Å²) in [5, 5.41) is 12.5. The van der Waals surface area contributed by atoms with Gasteiger partial charge in [-0.25, -0.2) is 9.18 Å². The minimum atomic E-state index is -1.34. The predicted octanol–water partition coefficient (Wildman–Crippen LogP) is 3.03. The minimum Gasteiger partial charge on any atom is -0.477 e. The lowest BCUT2D eigenvalue weighted by molar-refractivity contribution is 0.0695. The molecule has 2 aliphatic rings. The summed E-state index contributed by atoms with van der Waals surface area (Å²) in [5.74, 6) is -1.49. The van der Waals surface area contributed by atoms with E-state index in [0.29, 0.717) is 54.7 Å². The third-order valence-corrected chi connectivity index (χ3v) is 6.74. The Labute approximate surface area is 166 Å². The molecule has 2 fully saturated rings. The highest BCUT2D eigenvalue weighted by Crippen LogP contribution is 2.57. The molecule has 2 aromatic rings. The van der Waals surface area contributed by atoms with Gasteiger partial charge in [0.25, 0.3) is 0 Å². The van der Waals surface area contributed by atoms with E-state index in [4.69, 9.17) is 11.6 Å². The van der Waals surface area contributed by atoms with E-state index in [1.54, 1.807) is 0 Å². The summed E-state index contributed by atoms with van der Waals surface area (Å²) in [6, 6.07) is 1.46. The van der Waals surface area contributed by atoms with E-state index in [1.807, 2.05) is 11.9 Å². The number of halogens is 2. The smallest absolute Gasteiger partial charge is 0.341 e. The maximum absolute atomic E-state index is 15.3. The molecule has 1 aliphatic carbocycles. The average Bonchev–Trinajstić information content (AvgIpc) is 3.21. The fourth-order valence-electron chi connectivity index (χ4n) is 4.22. The van der Waals surface area contributed by atoms with Crippen molar-refractivity contribution in [1.82, 2.24) is 10.3 Å². The summed E-state index contributed by atoms with van der Waals surface area (Å²) in [7, 11) is 1.91. The van der Waals surface area contributed by atoms with Gasteiger partial charge in [0, 0.05) is 36.3 Å². The zero-order valence-electron chi connectivity index (χ0n) is 15.8. The quantitative estimate of drug-likeness (QED) is 0.663. The van der Waals surface area contributed by atoms with Crippen molar-refractivity contribution in [3.05, 3.63) is 39.4 Å². The van der Waals surface area contributed by atoms with Crippen molar-refractivity contribution >= 4 is 34.2 Å². The number of hydrogen-bond acceptors (Lipinski definition) is 4. The molecule has 0 bridgehead atoms. The monoisotopic (exact) mass is 407 g/mol. The molecule has 150 valence electrons. The van der Waals surface area contributed by atoms with Crippen molar-refractivity contribution in [2.24, 2.45) is 5.92 Å². The zero-order chi connectivity index (χ0) is 20.2. The number of aromatic nitrogens is 1. The van der Waals surface area contributed by atoms with E-state index in [1.165, 1.54) is 6.20 Å². The van der Waals surface area contributed by atoms with E-state index in [9.17, 15) is 14.7 Å². The van der Waals surface area contributed by atoms with Gasteiger partial charge in [0.05, 0.1) is 16.1 Å². The highest BCUT2D eigenvalue weighted by Gasteiger charge is 2.47. The molecule has 1 saturated heterocycles. The largest absolute Gasteiger partial charge is 0.477 e. The number of carbonyl (C=O) groups is 1. The van der Waals surface area contributed by atoms with Gasteiger partial charge in [-0.1, -0.05) is 0 Å². The van der Waals surface area contributed by atoms with Gasteiger partial charge in [-0.3, -0.25) is 4.79 Å². The molecule has 1 saturated carbocycles. The van der Waals surface area contributed by atoms with E-state index in [2.05, 4.69) is 17.2 Å². The number of H-pyrrole nitrogens is 1. The Bertz CT molecular complexity index is 1020. The van der Waals surface area contributed by atoms with E-state index < -0.39 is 27.7 Å². The average molecular weight is 408 g/mol. The molecule has 0 spiro atoms. The van der Waals surface area contributed by atoms with Crippen LogP contribution in [0.15, 0.2) is 17.1 Å². The lowest BCUT2D eigenvalue weighted by atomic mass is 9.99. The van der Waals surface area contributed by atoms with Gasteiger partial charge in [0.1, 0.15) is 11.4 Å². The summed E-state index contributed by atoms with van der Waals surface area (Å²) in [6.07, 6.45) is 3.49. The molecule has 8 heteroatoms. The number of anilines is 1. The first kappa shape index (κ1) is 19.2. The molecule has 1 aromatic heterocycles. The summed E-state index contributed by atoms with van der Waals surface area (Å²) >= 11 is 6.74. The number of aromatic carboxylic acids is 1. The van der Waals surface area contributed by atoms with Crippen LogP contribution in [0.5, 0.6) is 0 Å². The number of nitrogens with one attached hydrogen (secondary N) is 2. The molecule has 1 aromatic carbocycles. The number of aromatic amines is 1. The number of benzene rings is 1. The van der Waals surface area contributed by atoms with E-state index in [-0.39, 0.29) is 5.39 Å². The van der Waals surface area contributed by atoms with Crippen LogP contribution in [0.3, 0.4) is 0 Å². The van der Waals surface area contributed by atoms with Gasteiger partial charge in [0.2, 0.25) is 5.43 Å². The molecule has 1 aliphatic heterocycles. The van der Waals surface area contributed by atoms with Crippen molar-refractivity contribution < 1.29 is 14.3 Å². The Hall–Kier alpha value is -2.12. The van der Waals surface area contributed by atoms with Crippen LogP contribution < -0.4 is 15.6 Å². The highest BCUT2D eigenvalue weighted by atomic mass is 35.5. The van der Waals surface area contributed by atoms with Crippen LogP contribution in [-0.2, 0) is 4.87 Å². The predicted molar refractivity (Wildman–Crippen MR) is 107 cm³/mol. The molecule has 4 rings (SSSR count). The normalized spacial score (nSPS) is 21.9. The Morgan fingerprint density at radius 2 is 2.21 bits per heavy atom. The fourth-order valence-corrected chi connectivity index (χ4v) is 4.50. The number of carboxylic acids is 1. The number of fused-ring (bicyclic) bond motifs is 1. The lowest BCUT2D eigenvalue weighted by Gasteiger charge is -2.27. The van der Waals surface area contributed by atoms with Crippen molar-refractivity contribution in [3.8, 4) is 0 Å². The number of nitrogens with zero attached hydrogens (tertiary/aromatic N) is 1. The molecule has 28 heavy (non-hydrogen) atoms. The fraction of sp³-hybridized carbons (Fsp3) is 0.500. The van der Waals surface area contributed by atoms with Crippen LogP contribution in [0.2, 0.25) is 0 Å². The zero-order valence-corrected chi connectivity index (χ0v) is 16.6. The summed E-state index contributed by atoms with van der Waals surface area (Å²) in [6.45, 7) is 3.51. The van der Waals surface area contributed by atoms with Crippen LogP contribution in [-0.4, -0.2) is 42.2 Å². The number of rotatable bonds is 5. The standard InChI is InChI=1S/C20H23ClFN3O3/c1-10(23-2)11-3-6-25(9-11)17-14(22)7-12-16(15(17)20(21)4-5-20)24-8-13(18(12)26)19(27)28/h7-8,10-11,23H,3-6,9H2,1-2H3,(H,24,26)(H,27,28). The molecule has 6 nitrogen and oxygen atoms in total. The second-order valence-corrected chi connectivity index (χ2v) is 8.60. The first-order valence-electron chi connectivity index (χ1n) is 9.49. The van der Waals surface area contributed by atoms with Crippen LogP contribution >= 0.6 is 11.6 Å². The first-order chi connectivity index (χ1) is 13.3. The lowest BCUT2D eigenvalue weighted by Crippen LogP contribution is -2.33. The van der Waals surface area contributed by atoms with Crippen molar-refractivity contribution in [3.63, 3.8) is 0 Å². The second kappa shape index (κ2) is 6.74. The first-order valence-corrected chi connectivity index (χ1v) is 9.87. The maximum Gasteiger partial charge on any atom is 0.341 e. The highest BCUT2D eigenvalue weighted by molar-refractivity contribution is 6.27. The number of carboxylic acid groups (broad SMARTS) is 1. The molecule has 2 unspecified atom stereocenters. The summed E-state index contributed by atoms with van der Waals surface area (Å²) in [5.41, 5.74) is 0.343. The summed E-state index contributed by atoms with van der Waals surface area (Å²) in [4.78, 5) is 28.1. The summed E-state index contributed by atoms with van der Waals surface area (Å²) < 4.78 is 15.3. The Morgan fingerprint density at radius 3 is 2.82 bits per heavy atom. The van der Waals surface area contributed by atoms with Crippen LogP contribution in [0.25, 0.3) is 10.9 Å². The van der Waals surface area contributed by atoms with Gasteiger partial charge in [-0.05, 0) is 45.2 Å².